The summed E-state index contributed by atoms with van der Waals surface area (Å²) in [6.07, 6.45) is 3.22. The van der Waals surface area contributed by atoms with Gasteiger partial charge in [0.15, 0.2) is 9.84 Å². The van der Waals surface area contributed by atoms with Crippen LogP contribution in [0.5, 0.6) is 0 Å². The molecule has 0 aromatic carbocycles. The predicted octanol–water partition coefficient (Wildman–Crippen LogP) is 0.514. The predicted molar refractivity (Wildman–Crippen MR) is 59.8 cm³/mol. The van der Waals surface area contributed by atoms with Crippen LogP contribution in [0.2, 0.25) is 0 Å². The zero-order valence-electron chi connectivity index (χ0n) is 9.27. The van der Waals surface area contributed by atoms with E-state index in [1.807, 2.05) is 6.92 Å². The van der Waals surface area contributed by atoms with Crippen LogP contribution >= 0.6 is 0 Å². The molecule has 5 nitrogen and oxygen atoms in total. The number of nitrogens with zero attached hydrogens (tertiary/aromatic N) is 1. The summed E-state index contributed by atoms with van der Waals surface area (Å²) in [5.74, 6) is 2.00. The van der Waals surface area contributed by atoms with E-state index in [2.05, 4.69) is 10.3 Å². The fourth-order valence-corrected chi connectivity index (χ4v) is 3.49. The normalized spacial score (nSPS) is 23.7. The van der Waals surface area contributed by atoms with Crippen LogP contribution in [0.25, 0.3) is 0 Å². The standard InChI is InChI=1S/C10H16N2O3S/c1-2-9-5-12-10(15-9)6-11-8-3-4-16(13,14)7-8/h5,8,11H,2-4,6-7H2,1H3. The summed E-state index contributed by atoms with van der Waals surface area (Å²) in [5.41, 5.74) is 0. The monoisotopic (exact) mass is 244 g/mol. The minimum absolute atomic E-state index is 0.0435. The third-order valence-electron chi connectivity index (χ3n) is 2.72. The minimum atomic E-state index is -2.81. The second kappa shape index (κ2) is 4.55. The average molecular weight is 244 g/mol. The van der Waals surface area contributed by atoms with Gasteiger partial charge in [-0.2, -0.15) is 0 Å². The van der Waals surface area contributed by atoms with Crippen LogP contribution in [0, 0.1) is 0 Å². The van der Waals surface area contributed by atoms with Crippen LogP contribution in [-0.4, -0.2) is 30.9 Å². The van der Waals surface area contributed by atoms with Crippen molar-refractivity contribution < 1.29 is 12.8 Å². The van der Waals surface area contributed by atoms with Gasteiger partial charge < -0.3 is 9.73 Å². The van der Waals surface area contributed by atoms with Crippen LogP contribution in [-0.2, 0) is 22.8 Å². The van der Waals surface area contributed by atoms with Crippen molar-refractivity contribution in [2.75, 3.05) is 11.5 Å². The lowest BCUT2D eigenvalue weighted by Crippen LogP contribution is -2.29. The summed E-state index contributed by atoms with van der Waals surface area (Å²) in [6, 6.07) is 0.0435. The third kappa shape index (κ3) is 2.82. The molecule has 0 saturated carbocycles. The first-order valence-corrected chi connectivity index (χ1v) is 7.28. The van der Waals surface area contributed by atoms with Crippen molar-refractivity contribution in [3.8, 4) is 0 Å². The molecule has 1 fully saturated rings. The molecule has 0 radical (unpaired) electrons. The highest BCUT2D eigenvalue weighted by atomic mass is 32.2. The lowest BCUT2D eigenvalue weighted by atomic mass is 10.3. The molecule has 2 heterocycles. The van der Waals surface area contributed by atoms with Crippen molar-refractivity contribution in [1.29, 1.82) is 0 Å². The zero-order valence-corrected chi connectivity index (χ0v) is 10.1. The van der Waals surface area contributed by atoms with Gasteiger partial charge in [0.1, 0.15) is 5.76 Å². The zero-order chi connectivity index (χ0) is 11.6. The molecule has 1 unspecified atom stereocenters. The Labute approximate surface area is 95.2 Å². The molecule has 1 atom stereocenters. The largest absolute Gasteiger partial charge is 0.444 e. The quantitative estimate of drug-likeness (QED) is 0.835. The molecule has 2 rings (SSSR count). The van der Waals surface area contributed by atoms with Crippen molar-refractivity contribution in [2.24, 2.45) is 0 Å². The molecule has 0 spiro atoms. The Morgan fingerprint density at radius 1 is 1.62 bits per heavy atom. The highest BCUT2D eigenvalue weighted by Gasteiger charge is 2.27. The maximum absolute atomic E-state index is 11.2. The number of sulfone groups is 1. The lowest BCUT2D eigenvalue weighted by molar-refractivity contribution is 0.422. The molecule has 1 aliphatic rings. The van der Waals surface area contributed by atoms with Crippen LogP contribution in [0.4, 0.5) is 0 Å². The van der Waals surface area contributed by atoms with Crippen molar-refractivity contribution in [1.82, 2.24) is 10.3 Å². The molecular weight excluding hydrogens is 228 g/mol. The molecule has 90 valence electrons. The number of aromatic nitrogens is 1. The van der Waals surface area contributed by atoms with Gasteiger partial charge in [-0.15, -0.1) is 0 Å². The smallest absolute Gasteiger partial charge is 0.208 e. The third-order valence-corrected chi connectivity index (χ3v) is 4.49. The van der Waals surface area contributed by atoms with Crippen LogP contribution in [0.3, 0.4) is 0 Å². The number of hydrogen-bond acceptors (Lipinski definition) is 5. The SMILES string of the molecule is CCc1cnc(CNC2CCS(=O)(=O)C2)o1. The Hall–Kier alpha value is -0.880. The molecular formula is C10H16N2O3S. The maximum atomic E-state index is 11.2. The van der Waals surface area contributed by atoms with E-state index in [1.54, 1.807) is 6.20 Å². The molecule has 16 heavy (non-hydrogen) atoms. The number of rotatable bonds is 4. The summed E-state index contributed by atoms with van der Waals surface area (Å²) < 4.78 is 27.9. The summed E-state index contributed by atoms with van der Waals surface area (Å²) in [6.45, 7) is 2.50. The van der Waals surface area contributed by atoms with Gasteiger partial charge >= 0.3 is 0 Å². The first kappa shape index (κ1) is 11.6. The number of hydrogen-bond donors (Lipinski definition) is 1. The average Bonchev–Trinajstić information content (AvgIpc) is 2.81. The van der Waals surface area contributed by atoms with E-state index in [0.29, 0.717) is 18.9 Å². The highest BCUT2D eigenvalue weighted by molar-refractivity contribution is 7.91. The Balaban J connectivity index is 1.84. The molecule has 1 aliphatic heterocycles. The second-order valence-electron chi connectivity index (χ2n) is 4.05. The van der Waals surface area contributed by atoms with Crippen LogP contribution in [0.15, 0.2) is 10.6 Å². The fraction of sp³-hybridized carbons (Fsp3) is 0.700. The van der Waals surface area contributed by atoms with Gasteiger partial charge in [-0.05, 0) is 6.42 Å². The van der Waals surface area contributed by atoms with Crippen molar-refractivity contribution in [2.45, 2.75) is 32.4 Å². The molecule has 0 amide bonds. The molecule has 0 bridgehead atoms. The molecule has 1 saturated heterocycles. The van der Waals surface area contributed by atoms with E-state index in [1.165, 1.54) is 0 Å². The van der Waals surface area contributed by atoms with E-state index >= 15 is 0 Å². The van der Waals surface area contributed by atoms with Gasteiger partial charge in [0.2, 0.25) is 5.89 Å². The molecule has 1 aromatic heterocycles. The summed E-state index contributed by atoms with van der Waals surface area (Å²) >= 11 is 0. The topological polar surface area (TPSA) is 72.2 Å². The summed E-state index contributed by atoms with van der Waals surface area (Å²) in [4.78, 5) is 4.11. The van der Waals surface area contributed by atoms with Crippen molar-refractivity contribution in [3.05, 3.63) is 17.8 Å². The minimum Gasteiger partial charge on any atom is -0.444 e. The number of nitrogens with one attached hydrogen (secondary N) is 1. The number of oxazole rings is 1. The van der Waals surface area contributed by atoms with Gasteiger partial charge in [-0.1, -0.05) is 6.92 Å². The Morgan fingerprint density at radius 3 is 3.00 bits per heavy atom. The molecule has 6 heteroatoms. The van der Waals surface area contributed by atoms with Crippen LogP contribution in [0.1, 0.15) is 25.0 Å². The number of aryl methyl sites for hydroxylation is 1. The Kier molecular flexibility index (Phi) is 3.30. The molecule has 0 aliphatic carbocycles. The van der Waals surface area contributed by atoms with E-state index in [9.17, 15) is 8.42 Å². The van der Waals surface area contributed by atoms with Gasteiger partial charge in [0.25, 0.3) is 0 Å². The van der Waals surface area contributed by atoms with Crippen LogP contribution < -0.4 is 5.32 Å². The van der Waals surface area contributed by atoms with E-state index < -0.39 is 9.84 Å². The van der Waals surface area contributed by atoms with Gasteiger partial charge in [-0.3, -0.25) is 0 Å². The van der Waals surface area contributed by atoms with Crippen molar-refractivity contribution >= 4 is 9.84 Å². The first-order chi connectivity index (χ1) is 7.59. The first-order valence-electron chi connectivity index (χ1n) is 5.46. The van der Waals surface area contributed by atoms with E-state index in [0.717, 1.165) is 12.2 Å². The highest BCUT2D eigenvalue weighted by Crippen LogP contribution is 2.12. The van der Waals surface area contributed by atoms with E-state index in [4.69, 9.17) is 4.42 Å². The van der Waals surface area contributed by atoms with Gasteiger partial charge in [0.05, 0.1) is 24.2 Å². The summed E-state index contributed by atoms with van der Waals surface area (Å²) in [5, 5.41) is 3.16. The molecule has 1 aromatic rings. The fourth-order valence-electron chi connectivity index (χ4n) is 1.78. The second-order valence-corrected chi connectivity index (χ2v) is 6.28. The van der Waals surface area contributed by atoms with E-state index in [-0.39, 0.29) is 17.5 Å². The lowest BCUT2D eigenvalue weighted by Gasteiger charge is -2.07. The van der Waals surface area contributed by atoms with Gasteiger partial charge in [0, 0.05) is 12.5 Å². The Bertz CT molecular complexity index is 452. The summed E-state index contributed by atoms with van der Waals surface area (Å²) in [7, 11) is -2.81. The maximum Gasteiger partial charge on any atom is 0.208 e. The molecule has 1 N–H and O–H groups in total. The van der Waals surface area contributed by atoms with Crippen molar-refractivity contribution in [3.63, 3.8) is 0 Å². The van der Waals surface area contributed by atoms with Gasteiger partial charge in [-0.25, -0.2) is 13.4 Å². The Morgan fingerprint density at radius 2 is 2.44 bits per heavy atom.